The number of pyridine rings is 1. The first kappa shape index (κ1) is 18.2. The smallest absolute Gasteiger partial charge is 0.136 e. The van der Waals surface area contributed by atoms with Gasteiger partial charge < -0.3 is 5.32 Å². The van der Waals surface area contributed by atoms with E-state index in [-0.39, 0.29) is 5.78 Å². The molecular weight excluding hydrogens is 332 g/mol. The van der Waals surface area contributed by atoms with Crippen molar-refractivity contribution in [3.05, 3.63) is 45.7 Å². The van der Waals surface area contributed by atoms with Gasteiger partial charge in [0.25, 0.3) is 0 Å². The highest BCUT2D eigenvalue weighted by atomic mass is 32.1. The van der Waals surface area contributed by atoms with E-state index in [0.717, 1.165) is 49.7 Å². The predicted molar refractivity (Wildman–Crippen MR) is 101 cm³/mol. The van der Waals surface area contributed by atoms with Crippen molar-refractivity contribution in [1.82, 2.24) is 20.2 Å². The molecule has 3 heterocycles. The van der Waals surface area contributed by atoms with Gasteiger partial charge in [-0.3, -0.25) is 14.7 Å². The molecule has 2 aromatic rings. The molecule has 0 aliphatic carbocycles. The van der Waals surface area contributed by atoms with Gasteiger partial charge in [-0.05, 0) is 57.5 Å². The second-order valence-corrected chi connectivity index (χ2v) is 8.05. The summed E-state index contributed by atoms with van der Waals surface area (Å²) in [5.41, 5.74) is 2.42. The van der Waals surface area contributed by atoms with Crippen LogP contribution in [-0.2, 0) is 24.2 Å². The van der Waals surface area contributed by atoms with Crippen LogP contribution in [0.3, 0.4) is 0 Å². The molecule has 0 saturated carbocycles. The molecular formula is C19H26N4OS. The van der Waals surface area contributed by atoms with Gasteiger partial charge in [0.15, 0.2) is 0 Å². The molecule has 0 aromatic carbocycles. The summed E-state index contributed by atoms with van der Waals surface area (Å²) in [6.45, 7) is 7.76. The van der Waals surface area contributed by atoms with Crippen molar-refractivity contribution in [3.8, 4) is 0 Å². The Balaban J connectivity index is 1.59. The van der Waals surface area contributed by atoms with Crippen LogP contribution >= 0.6 is 11.3 Å². The summed E-state index contributed by atoms with van der Waals surface area (Å²) in [6, 6.07) is 4.74. The van der Waals surface area contributed by atoms with E-state index >= 15 is 0 Å². The Morgan fingerprint density at radius 2 is 2.32 bits per heavy atom. The van der Waals surface area contributed by atoms with Crippen molar-refractivity contribution in [2.45, 2.75) is 45.7 Å². The fraction of sp³-hybridized carbons (Fsp3) is 0.526. The zero-order chi connectivity index (χ0) is 17.6. The number of nitrogens with zero attached hydrogens (tertiary/aromatic N) is 3. The summed E-state index contributed by atoms with van der Waals surface area (Å²) in [4.78, 5) is 23.7. The van der Waals surface area contributed by atoms with Crippen LogP contribution in [0.2, 0.25) is 0 Å². The van der Waals surface area contributed by atoms with E-state index in [9.17, 15) is 4.79 Å². The minimum absolute atomic E-state index is 0.174. The third kappa shape index (κ3) is 5.70. The maximum atomic E-state index is 11.2. The van der Waals surface area contributed by atoms with Gasteiger partial charge in [-0.25, -0.2) is 4.98 Å². The zero-order valence-electron chi connectivity index (χ0n) is 15.0. The Morgan fingerprint density at radius 1 is 1.44 bits per heavy atom. The van der Waals surface area contributed by atoms with Gasteiger partial charge in [0, 0.05) is 42.1 Å². The van der Waals surface area contributed by atoms with E-state index in [2.05, 4.69) is 32.3 Å². The normalized spacial score (nSPS) is 18.9. The summed E-state index contributed by atoms with van der Waals surface area (Å²) in [5.74, 6) is 0.174. The van der Waals surface area contributed by atoms with Crippen LogP contribution in [-0.4, -0.2) is 46.3 Å². The minimum atomic E-state index is 0.174. The molecule has 134 valence electrons. The lowest BCUT2D eigenvalue weighted by Gasteiger charge is -2.24. The van der Waals surface area contributed by atoms with Crippen LogP contribution in [0.4, 0.5) is 0 Å². The van der Waals surface area contributed by atoms with E-state index in [1.54, 1.807) is 18.3 Å². The van der Waals surface area contributed by atoms with Gasteiger partial charge >= 0.3 is 0 Å². The van der Waals surface area contributed by atoms with E-state index < -0.39 is 0 Å². The second kappa shape index (κ2) is 8.65. The first-order chi connectivity index (χ1) is 12.1. The topological polar surface area (TPSA) is 58.1 Å². The lowest BCUT2D eigenvalue weighted by atomic mass is 10.1. The largest absolute Gasteiger partial charge is 0.312 e. The van der Waals surface area contributed by atoms with E-state index in [0.29, 0.717) is 12.5 Å². The maximum Gasteiger partial charge on any atom is 0.136 e. The van der Waals surface area contributed by atoms with Crippen LogP contribution in [0.1, 0.15) is 34.5 Å². The average molecular weight is 359 g/mol. The van der Waals surface area contributed by atoms with Gasteiger partial charge in [-0.2, -0.15) is 0 Å². The Bertz CT molecular complexity index is 715. The lowest BCUT2D eigenvalue weighted by Crippen LogP contribution is -2.38. The molecule has 1 aliphatic rings. The number of thiazole rings is 1. The second-order valence-electron chi connectivity index (χ2n) is 6.85. The van der Waals surface area contributed by atoms with Crippen molar-refractivity contribution in [1.29, 1.82) is 0 Å². The first-order valence-electron chi connectivity index (χ1n) is 8.89. The van der Waals surface area contributed by atoms with Crippen LogP contribution in [0.5, 0.6) is 0 Å². The fourth-order valence-corrected chi connectivity index (χ4v) is 4.34. The van der Waals surface area contributed by atoms with Crippen molar-refractivity contribution in [2.75, 3.05) is 19.6 Å². The summed E-state index contributed by atoms with van der Waals surface area (Å²) in [5, 5.41) is 4.61. The first-order valence-corrected chi connectivity index (χ1v) is 9.70. The molecule has 1 fully saturated rings. The van der Waals surface area contributed by atoms with Crippen LogP contribution < -0.4 is 5.32 Å². The number of aryl methyl sites for hydroxylation is 1. The fourth-order valence-electron chi connectivity index (χ4n) is 3.31. The number of carbonyl (C=O) groups is 1. The minimum Gasteiger partial charge on any atom is -0.312 e. The molecule has 1 N–H and O–H groups in total. The molecule has 0 spiro atoms. The highest BCUT2D eigenvalue weighted by molar-refractivity contribution is 7.11. The van der Waals surface area contributed by atoms with Crippen molar-refractivity contribution < 1.29 is 4.79 Å². The summed E-state index contributed by atoms with van der Waals surface area (Å²) < 4.78 is 0. The quantitative estimate of drug-likeness (QED) is 0.859. The average Bonchev–Trinajstić information content (AvgIpc) is 2.85. The SMILES string of the molecule is CC(=O)Cc1ncc(CN2CCCNC(Cc3ccnc(C)c3)C2)s1. The molecule has 25 heavy (non-hydrogen) atoms. The van der Waals surface area contributed by atoms with Gasteiger partial charge in [0.2, 0.25) is 0 Å². The number of rotatable bonds is 6. The highest BCUT2D eigenvalue weighted by Crippen LogP contribution is 2.18. The Morgan fingerprint density at radius 3 is 3.12 bits per heavy atom. The third-order valence-corrected chi connectivity index (χ3v) is 5.37. The summed E-state index contributed by atoms with van der Waals surface area (Å²) in [6.07, 6.45) is 6.47. The summed E-state index contributed by atoms with van der Waals surface area (Å²) >= 11 is 1.67. The monoisotopic (exact) mass is 358 g/mol. The van der Waals surface area contributed by atoms with Gasteiger partial charge in [0.05, 0.1) is 6.42 Å². The van der Waals surface area contributed by atoms with Crippen molar-refractivity contribution in [3.63, 3.8) is 0 Å². The maximum absolute atomic E-state index is 11.2. The van der Waals surface area contributed by atoms with Crippen molar-refractivity contribution >= 4 is 17.1 Å². The molecule has 1 atom stereocenters. The summed E-state index contributed by atoms with van der Waals surface area (Å²) in [7, 11) is 0. The van der Waals surface area contributed by atoms with Crippen LogP contribution in [0.25, 0.3) is 0 Å². The molecule has 1 aliphatic heterocycles. The molecule has 0 amide bonds. The predicted octanol–water partition coefficient (Wildman–Crippen LogP) is 2.38. The van der Waals surface area contributed by atoms with Gasteiger partial charge in [0.1, 0.15) is 10.8 Å². The van der Waals surface area contributed by atoms with Crippen LogP contribution in [0.15, 0.2) is 24.5 Å². The Hall–Kier alpha value is -1.63. The van der Waals surface area contributed by atoms with E-state index in [4.69, 9.17) is 0 Å². The number of ketones is 1. The number of aromatic nitrogens is 2. The number of nitrogens with one attached hydrogen (secondary N) is 1. The lowest BCUT2D eigenvalue weighted by molar-refractivity contribution is -0.116. The van der Waals surface area contributed by atoms with Gasteiger partial charge in [-0.15, -0.1) is 11.3 Å². The number of carbonyl (C=O) groups excluding carboxylic acids is 1. The Labute approximate surface area is 153 Å². The van der Waals surface area contributed by atoms with E-state index in [1.807, 2.05) is 19.3 Å². The van der Waals surface area contributed by atoms with E-state index in [1.165, 1.54) is 10.4 Å². The Kier molecular flexibility index (Phi) is 6.29. The molecule has 5 nitrogen and oxygen atoms in total. The number of Topliss-reactive ketones (excluding diaryl/α,β-unsaturated/α-hetero) is 1. The molecule has 0 bridgehead atoms. The number of hydrogen-bond acceptors (Lipinski definition) is 6. The standard InChI is InChI=1S/C19H26N4OS/c1-14-8-16(4-6-20-14)10-17-12-23(7-3-5-21-17)13-18-11-22-19(25-18)9-15(2)24/h4,6,8,11,17,21H,3,5,7,9-10,12-13H2,1-2H3. The van der Waals surface area contributed by atoms with Gasteiger partial charge in [-0.1, -0.05) is 0 Å². The molecule has 0 radical (unpaired) electrons. The molecule has 1 saturated heterocycles. The molecule has 3 rings (SSSR count). The molecule has 2 aromatic heterocycles. The molecule has 1 unspecified atom stereocenters. The zero-order valence-corrected chi connectivity index (χ0v) is 15.8. The third-order valence-electron chi connectivity index (χ3n) is 4.39. The van der Waals surface area contributed by atoms with Crippen molar-refractivity contribution in [2.24, 2.45) is 0 Å². The molecule has 6 heteroatoms. The van der Waals surface area contributed by atoms with Crippen LogP contribution in [0, 0.1) is 6.92 Å². The highest BCUT2D eigenvalue weighted by Gasteiger charge is 2.19. The number of hydrogen-bond donors (Lipinski definition) is 1.